The summed E-state index contributed by atoms with van der Waals surface area (Å²) in [6.45, 7) is 0. The number of rotatable bonds is 4. The molecule has 128 valence electrons. The summed E-state index contributed by atoms with van der Waals surface area (Å²) in [4.78, 5) is 20.7. The van der Waals surface area contributed by atoms with Gasteiger partial charge in [0, 0.05) is 11.9 Å². The molecule has 0 atom stereocenters. The molecule has 8 heteroatoms. The standard InChI is InChI=1S/C18H11Cl2N5O/c19-13-2-1-3-14(16(13)20)24-17(26)15-8-9-22-18(25-15)23-12-6-4-11(10-21)5-7-12/h1-9H,(H,24,26)(H,22,23,25). The normalized spacial score (nSPS) is 10.0. The molecular formula is C18H11Cl2N5O. The molecule has 3 rings (SSSR count). The number of halogens is 2. The predicted molar refractivity (Wildman–Crippen MR) is 101 cm³/mol. The Morgan fingerprint density at radius 1 is 1.08 bits per heavy atom. The number of carbonyl (C=O) groups excluding carboxylic acids is 1. The van der Waals surface area contributed by atoms with Gasteiger partial charge in [0.1, 0.15) is 5.69 Å². The van der Waals surface area contributed by atoms with Crippen LogP contribution in [0.4, 0.5) is 17.3 Å². The van der Waals surface area contributed by atoms with Gasteiger partial charge in [-0.25, -0.2) is 9.97 Å². The Bertz CT molecular complexity index is 999. The fraction of sp³-hybridized carbons (Fsp3) is 0. The van der Waals surface area contributed by atoms with E-state index in [-0.39, 0.29) is 16.7 Å². The van der Waals surface area contributed by atoms with Crippen LogP contribution in [0, 0.1) is 11.3 Å². The zero-order valence-electron chi connectivity index (χ0n) is 13.2. The lowest BCUT2D eigenvalue weighted by molar-refractivity contribution is 0.102. The maximum absolute atomic E-state index is 12.4. The van der Waals surface area contributed by atoms with E-state index >= 15 is 0 Å². The van der Waals surface area contributed by atoms with Gasteiger partial charge in [0.05, 0.1) is 27.4 Å². The summed E-state index contributed by atoms with van der Waals surface area (Å²) in [5.74, 6) is -0.195. The fourth-order valence-electron chi connectivity index (χ4n) is 2.09. The Kier molecular flexibility index (Phi) is 5.32. The Labute approximate surface area is 159 Å². The van der Waals surface area contributed by atoms with Gasteiger partial charge in [-0.15, -0.1) is 0 Å². The SMILES string of the molecule is N#Cc1ccc(Nc2nccc(C(=O)Nc3cccc(Cl)c3Cl)n2)cc1. The predicted octanol–water partition coefficient (Wildman–Crippen LogP) is 4.65. The minimum Gasteiger partial charge on any atom is -0.324 e. The molecule has 1 heterocycles. The van der Waals surface area contributed by atoms with Gasteiger partial charge < -0.3 is 10.6 Å². The van der Waals surface area contributed by atoms with Crippen LogP contribution in [0.15, 0.2) is 54.7 Å². The van der Waals surface area contributed by atoms with E-state index in [4.69, 9.17) is 28.5 Å². The molecule has 0 aliphatic heterocycles. The number of nitriles is 1. The average molecular weight is 384 g/mol. The molecule has 0 saturated heterocycles. The Hall–Kier alpha value is -3.14. The number of anilines is 3. The van der Waals surface area contributed by atoms with Gasteiger partial charge in [0.15, 0.2) is 0 Å². The second-order valence-corrected chi connectivity index (χ2v) is 5.92. The molecule has 26 heavy (non-hydrogen) atoms. The molecule has 0 fully saturated rings. The molecule has 2 N–H and O–H groups in total. The van der Waals surface area contributed by atoms with Gasteiger partial charge in [-0.2, -0.15) is 5.26 Å². The lowest BCUT2D eigenvalue weighted by Crippen LogP contribution is -2.15. The highest BCUT2D eigenvalue weighted by molar-refractivity contribution is 6.44. The first-order valence-electron chi connectivity index (χ1n) is 7.42. The molecule has 0 saturated carbocycles. The Balaban J connectivity index is 1.76. The molecule has 1 amide bonds. The summed E-state index contributed by atoms with van der Waals surface area (Å²) in [6.07, 6.45) is 1.47. The lowest BCUT2D eigenvalue weighted by Gasteiger charge is -2.09. The number of nitrogens with zero attached hydrogens (tertiary/aromatic N) is 3. The molecule has 0 unspecified atom stereocenters. The maximum Gasteiger partial charge on any atom is 0.274 e. The van der Waals surface area contributed by atoms with Crippen molar-refractivity contribution in [1.82, 2.24) is 9.97 Å². The molecule has 1 aromatic heterocycles. The van der Waals surface area contributed by atoms with Crippen LogP contribution in [-0.2, 0) is 0 Å². The highest BCUT2D eigenvalue weighted by atomic mass is 35.5. The smallest absolute Gasteiger partial charge is 0.274 e. The van der Waals surface area contributed by atoms with Crippen LogP contribution in [-0.4, -0.2) is 15.9 Å². The number of nitrogens with one attached hydrogen (secondary N) is 2. The van der Waals surface area contributed by atoms with Crippen LogP contribution in [0.2, 0.25) is 10.0 Å². The van der Waals surface area contributed by atoms with Crippen molar-refractivity contribution in [1.29, 1.82) is 5.26 Å². The summed E-state index contributed by atoms with van der Waals surface area (Å²) in [6, 6.07) is 15.3. The van der Waals surface area contributed by atoms with Crippen LogP contribution in [0.1, 0.15) is 16.1 Å². The first-order chi connectivity index (χ1) is 12.6. The van der Waals surface area contributed by atoms with Gasteiger partial charge in [-0.05, 0) is 42.5 Å². The molecule has 2 aromatic carbocycles. The monoisotopic (exact) mass is 383 g/mol. The summed E-state index contributed by atoms with van der Waals surface area (Å²) in [7, 11) is 0. The second kappa shape index (κ2) is 7.83. The van der Waals surface area contributed by atoms with Crippen molar-refractivity contribution in [3.63, 3.8) is 0 Å². The summed E-state index contributed by atoms with van der Waals surface area (Å²) < 4.78 is 0. The first kappa shape index (κ1) is 17.7. The molecule has 0 aliphatic carbocycles. The van der Waals surface area contributed by atoms with E-state index in [9.17, 15) is 4.79 Å². The highest BCUT2D eigenvalue weighted by Crippen LogP contribution is 2.29. The number of benzene rings is 2. The summed E-state index contributed by atoms with van der Waals surface area (Å²) in [5, 5.41) is 15.1. The zero-order chi connectivity index (χ0) is 18.5. The molecule has 0 spiro atoms. The van der Waals surface area contributed by atoms with Gasteiger partial charge in [-0.1, -0.05) is 29.3 Å². The molecule has 0 bridgehead atoms. The third-order valence-electron chi connectivity index (χ3n) is 3.36. The van der Waals surface area contributed by atoms with Gasteiger partial charge in [-0.3, -0.25) is 4.79 Å². The van der Waals surface area contributed by atoms with E-state index in [1.165, 1.54) is 12.3 Å². The fourth-order valence-corrected chi connectivity index (χ4v) is 2.44. The minimum absolute atomic E-state index is 0.159. The molecule has 0 aliphatic rings. The molecular weight excluding hydrogens is 373 g/mol. The van der Waals surface area contributed by atoms with E-state index in [1.54, 1.807) is 42.5 Å². The molecule has 0 radical (unpaired) electrons. The largest absolute Gasteiger partial charge is 0.324 e. The van der Waals surface area contributed by atoms with Crippen molar-refractivity contribution < 1.29 is 4.79 Å². The molecule has 6 nitrogen and oxygen atoms in total. The highest BCUT2D eigenvalue weighted by Gasteiger charge is 2.12. The number of amides is 1. The minimum atomic E-state index is -0.445. The number of hydrogen-bond donors (Lipinski definition) is 2. The third kappa shape index (κ3) is 4.09. The second-order valence-electron chi connectivity index (χ2n) is 5.14. The van der Waals surface area contributed by atoms with Crippen molar-refractivity contribution >= 4 is 46.4 Å². The first-order valence-corrected chi connectivity index (χ1v) is 8.18. The van der Waals surface area contributed by atoms with E-state index in [2.05, 4.69) is 20.6 Å². The lowest BCUT2D eigenvalue weighted by atomic mass is 10.2. The number of aromatic nitrogens is 2. The van der Waals surface area contributed by atoms with Crippen LogP contribution < -0.4 is 10.6 Å². The Morgan fingerprint density at radius 3 is 2.58 bits per heavy atom. The van der Waals surface area contributed by atoms with Gasteiger partial charge >= 0.3 is 0 Å². The van der Waals surface area contributed by atoms with Crippen LogP contribution in [0.3, 0.4) is 0 Å². The average Bonchev–Trinajstić information content (AvgIpc) is 2.66. The maximum atomic E-state index is 12.4. The van der Waals surface area contributed by atoms with Crippen molar-refractivity contribution in [3.05, 3.63) is 76.0 Å². The zero-order valence-corrected chi connectivity index (χ0v) is 14.7. The van der Waals surface area contributed by atoms with Crippen LogP contribution in [0.5, 0.6) is 0 Å². The summed E-state index contributed by atoms with van der Waals surface area (Å²) in [5.41, 5.74) is 1.79. The van der Waals surface area contributed by atoms with Gasteiger partial charge in [0.2, 0.25) is 5.95 Å². The van der Waals surface area contributed by atoms with E-state index in [1.807, 2.05) is 6.07 Å². The van der Waals surface area contributed by atoms with E-state index < -0.39 is 5.91 Å². The van der Waals surface area contributed by atoms with Crippen molar-refractivity contribution in [2.75, 3.05) is 10.6 Å². The quantitative estimate of drug-likeness (QED) is 0.683. The van der Waals surface area contributed by atoms with E-state index in [0.717, 1.165) is 0 Å². The van der Waals surface area contributed by atoms with Crippen molar-refractivity contribution in [2.45, 2.75) is 0 Å². The topological polar surface area (TPSA) is 90.7 Å². The summed E-state index contributed by atoms with van der Waals surface area (Å²) >= 11 is 12.0. The van der Waals surface area contributed by atoms with Crippen LogP contribution >= 0.6 is 23.2 Å². The number of hydrogen-bond acceptors (Lipinski definition) is 5. The van der Waals surface area contributed by atoms with Gasteiger partial charge in [0.25, 0.3) is 5.91 Å². The number of carbonyl (C=O) groups is 1. The van der Waals surface area contributed by atoms with Crippen molar-refractivity contribution in [3.8, 4) is 6.07 Å². The Morgan fingerprint density at radius 2 is 1.85 bits per heavy atom. The molecule has 3 aromatic rings. The van der Waals surface area contributed by atoms with E-state index in [0.29, 0.717) is 22.0 Å². The van der Waals surface area contributed by atoms with Crippen LogP contribution in [0.25, 0.3) is 0 Å². The van der Waals surface area contributed by atoms with Crippen molar-refractivity contribution in [2.24, 2.45) is 0 Å². The third-order valence-corrected chi connectivity index (χ3v) is 4.18.